The van der Waals surface area contributed by atoms with Crippen molar-refractivity contribution in [2.24, 2.45) is 0 Å². The molecule has 0 amide bonds. The highest BCUT2D eigenvalue weighted by molar-refractivity contribution is 8.00. The second-order valence-corrected chi connectivity index (χ2v) is 11.7. The van der Waals surface area contributed by atoms with Crippen LogP contribution < -0.4 is 0 Å². The zero-order chi connectivity index (χ0) is 27.3. The molecule has 0 aliphatic rings. The number of benzene rings is 2. The van der Waals surface area contributed by atoms with Gasteiger partial charge in [-0.3, -0.25) is 4.55 Å². The predicted molar refractivity (Wildman–Crippen MR) is 107 cm³/mol. The van der Waals surface area contributed by atoms with E-state index in [0.717, 1.165) is 12.1 Å². The third kappa shape index (κ3) is 5.97. The number of halogens is 10. The van der Waals surface area contributed by atoms with Gasteiger partial charge in [0.1, 0.15) is 0 Å². The Morgan fingerprint density at radius 3 is 1.77 bits per heavy atom. The van der Waals surface area contributed by atoms with Gasteiger partial charge >= 0.3 is 32.8 Å². The summed E-state index contributed by atoms with van der Waals surface area (Å²) < 4.78 is 164. The van der Waals surface area contributed by atoms with Crippen LogP contribution >= 0.6 is 35.0 Å². The highest BCUT2D eigenvalue weighted by Gasteiger charge is 2.74. The molecule has 6 nitrogen and oxygen atoms in total. The summed E-state index contributed by atoms with van der Waals surface area (Å²) in [6.45, 7) is 0. The van der Waals surface area contributed by atoms with Crippen molar-refractivity contribution in [3.05, 3.63) is 52.5 Å². The largest absolute Gasteiger partial charge is 0.460 e. The fraction of sp³-hybridized carbons (Fsp3) is 0.250. The molecule has 0 aliphatic carbocycles. The van der Waals surface area contributed by atoms with E-state index in [2.05, 4.69) is 4.74 Å². The molecule has 0 spiro atoms. The molecular weight excluding hydrogens is 607 g/mol. The second-order valence-electron chi connectivity index (χ2n) is 6.30. The van der Waals surface area contributed by atoms with E-state index in [9.17, 15) is 52.0 Å². The third-order valence-electron chi connectivity index (χ3n) is 3.82. The van der Waals surface area contributed by atoms with Gasteiger partial charge in [0.05, 0.1) is 14.8 Å². The maximum atomic E-state index is 13.9. The van der Waals surface area contributed by atoms with Crippen molar-refractivity contribution in [3.8, 4) is 0 Å². The van der Waals surface area contributed by atoms with Crippen molar-refractivity contribution in [1.82, 2.24) is 0 Å². The first-order valence-corrected chi connectivity index (χ1v) is 12.7. The molecule has 2 aromatic carbocycles. The Bertz CT molecular complexity index is 1320. The van der Waals surface area contributed by atoms with Crippen LogP contribution in [0.2, 0.25) is 10.0 Å². The van der Waals surface area contributed by atoms with Gasteiger partial charge in [0, 0.05) is 9.92 Å². The summed E-state index contributed by atoms with van der Waals surface area (Å²) in [6, 6.07) is 5.72. The number of sulfone groups is 1. The molecule has 0 radical (unpaired) electrons. The van der Waals surface area contributed by atoms with Crippen LogP contribution in [0.15, 0.2) is 57.2 Å². The number of hydrogen-bond acceptors (Lipinski definition) is 6. The third-order valence-corrected chi connectivity index (χ3v) is 8.20. The Labute approximate surface area is 205 Å². The minimum atomic E-state index is -7.05. The van der Waals surface area contributed by atoms with E-state index in [1.54, 1.807) is 0 Å². The monoisotopic (exact) mass is 614 g/mol. The first-order valence-electron chi connectivity index (χ1n) is 8.23. The summed E-state index contributed by atoms with van der Waals surface area (Å²) in [5, 5.41) is -12.7. The summed E-state index contributed by atoms with van der Waals surface area (Å²) in [5.74, 6) is 0. The van der Waals surface area contributed by atoms with Crippen LogP contribution in [-0.2, 0) is 24.7 Å². The molecule has 19 heteroatoms. The smallest absolute Gasteiger partial charge is 0.281 e. The van der Waals surface area contributed by atoms with Crippen LogP contribution in [0, 0.1) is 0 Å². The summed E-state index contributed by atoms with van der Waals surface area (Å²) in [7, 11) is -11.4. The molecule has 0 saturated carbocycles. The van der Waals surface area contributed by atoms with Gasteiger partial charge in [-0.2, -0.15) is 43.5 Å². The van der Waals surface area contributed by atoms with Gasteiger partial charge in [0.15, 0.2) is 0 Å². The van der Waals surface area contributed by atoms with Crippen LogP contribution in [-0.4, -0.2) is 44.1 Å². The highest BCUT2D eigenvalue weighted by Crippen LogP contribution is 2.52. The van der Waals surface area contributed by atoms with E-state index in [1.807, 2.05) is 0 Å². The number of alkyl halides is 8. The van der Waals surface area contributed by atoms with Gasteiger partial charge in [-0.25, -0.2) is 13.2 Å². The lowest BCUT2D eigenvalue weighted by Gasteiger charge is -2.31. The van der Waals surface area contributed by atoms with Crippen molar-refractivity contribution in [1.29, 1.82) is 0 Å². The van der Waals surface area contributed by atoms with Crippen molar-refractivity contribution in [2.45, 2.75) is 37.4 Å². The van der Waals surface area contributed by atoms with Gasteiger partial charge in [-0.1, -0.05) is 23.2 Å². The van der Waals surface area contributed by atoms with Gasteiger partial charge in [0.25, 0.3) is 0 Å². The van der Waals surface area contributed by atoms with E-state index in [4.69, 9.17) is 27.8 Å². The average molecular weight is 615 g/mol. The molecule has 0 saturated heterocycles. The van der Waals surface area contributed by atoms with E-state index >= 15 is 0 Å². The van der Waals surface area contributed by atoms with E-state index in [-0.39, 0.29) is 10.0 Å². The van der Waals surface area contributed by atoms with Crippen molar-refractivity contribution < 1.29 is 61.2 Å². The molecule has 0 aromatic heterocycles. The van der Waals surface area contributed by atoms with Crippen molar-refractivity contribution in [3.63, 3.8) is 0 Å². The van der Waals surface area contributed by atoms with E-state index in [1.165, 1.54) is 6.07 Å². The Balaban J connectivity index is 2.31. The number of ether oxygens (including phenoxy) is 1. The average Bonchev–Trinajstić information content (AvgIpc) is 2.65. The lowest BCUT2D eigenvalue weighted by atomic mass is 10.4. The molecule has 0 unspecified atom stereocenters. The Morgan fingerprint density at radius 1 is 0.800 bits per heavy atom. The summed E-state index contributed by atoms with van der Waals surface area (Å²) in [4.78, 5) is -1.88. The van der Waals surface area contributed by atoms with Crippen molar-refractivity contribution in [2.75, 3.05) is 0 Å². The molecule has 0 aliphatic heterocycles. The second kappa shape index (κ2) is 9.50. The minimum absolute atomic E-state index is 0.0889. The van der Waals surface area contributed by atoms with Gasteiger partial charge < -0.3 is 0 Å². The van der Waals surface area contributed by atoms with Gasteiger partial charge in [-0.15, -0.1) is 0 Å². The maximum Gasteiger partial charge on any atom is 0.460 e. The molecular formula is C16H8Cl2F8O6S3. The summed E-state index contributed by atoms with van der Waals surface area (Å²) >= 11 is 10.3. The molecule has 0 atom stereocenters. The lowest BCUT2D eigenvalue weighted by molar-refractivity contribution is -0.441. The zero-order valence-corrected chi connectivity index (χ0v) is 20.0. The zero-order valence-electron chi connectivity index (χ0n) is 16.0. The first kappa shape index (κ1) is 29.9. The topological polar surface area (TPSA) is 97.7 Å². The summed E-state index contributed by atoms with van der Waals surface area (Å²) in [6.07, 6.45) is -13.2. The van der Waals surface area contributed by atoms with Crippen LogP contribution in [0.25, 0.3) is 0 Å². The van der Waals surface area contributed by atoms with Crippen LogP contribution in [0.1, 0.15) is 0 Å². The molecule has 35 heavy (non-hydrogen) atoms. The standard InChI is InChI=1S/C16H8Cl2F8O6S3/c17-8-1-6-12(11(18)7-8)34(27,28)10-4-2-9(3-5-10)33-15(23,24)13(19,20)32-14(21,22)16(25,26)35(29,30)31/h1-7H,(H,29,30,31). The summed E-state index contributed by atoms with van der Waals surface area (Å²) in [5.41, 5.74) is 0. The maximum absolute atomic E-state index is 13.9. The lowest BCUT2D eigenvalue weighted by Crippen LogP contribution is -2.55. The van der Waals surface area contributed by atoms with E-state index < -0.39 is 69.1 Å². The predicted octanol–water partition coefficient (Wildman–Crippen LogP) is 6.19. The number of rotatable bonds is 9. The Kier molecular flexibility index (Phi) is 8.10. The quantitative estimate of drug-likeness (QED) is 0.204. The normalized spacial score (nSPS) is 14.3. The Morgan fingerprint density at radius 2 is 1.31 bits per heavy atom. The first-order chi connectivity index (χ1) is 15.6. The molecule has 0 fully saturated rings. The SMILES string of the molecule is O=S(=O)(c1ccc(SC(F)(F)C(F)(F)OC(F)(F)C(F)(F)S(=O)(=O)O)cc1)c1ccc(Cl)cc1Cl. The minimum Gasteiger partial charge on any atom is -0.281 e. The molecule has 0 heterocycles. The van der Waals surface area contributed by atoms with Gasteiger partial charge in [0.2, 0.25) is 9.84 Å². The van der Waals surface area contributed by atoms with Crippen LogP contribution in [0.4, 0.5) is 35.1 Å². The van der Waals surface area contributed by atoms with Crippen LogP contribution in [0.3, 0.4) is 0 Å². The molecule has 0 bridgehead atoms. The molecule has 196 valence electrons. The van der Waals surface area contributed by atoms with Crippen LogP contribution in [0.5, 0.6) is 0 Å². The molecule has 1 N–H and O–H groups in total. The fourth-order valence-corrected chi connectivity index (χ4v) is 5.24. The van der Waals surface area contributed by atoms with Gasteiger partial charge in [-0.05, 0) is 54.2 Å². The van der Waals surface area contributed by atoms with E-state index in [0.29, 0.717) is 24.3 Å². The Hall–Kier alpha value is -1.37. The number of thioether (sulfide) groups is 1. The van der Waals surface area contributed by atoms with Crippen molar-refractivity contribution >= 4 is 54.9 Å². The highest BCUT2D eigenvalue weighted by atomic mass is 35.5. The number of hydrogen-bond donors (Lipinski definition) is 1. The fourth-order valence-electron chi connectivity index (χ4n) is 2.14. The molecule has 2 aromatic rings. The molecule has 2 rings (SSSR count).